The number of esters is 1. The van der Waals surface area contributed by atoms with Gasteiger partial charge in [0.25, 0.3) is 0 Å². The molecule has 3 aromatic rings. The van der Waals surface area contributed by atoms with Crippen molar-refractivity contribution in [3.8, 4) is 5.75 Å². The highest BCUT2D eigenvalue weighted by atomic mass is 16.5. The molecule has 0 saturated carbocycles. The van der Waals surface area contributed by atoms with E-state index in [-0.39, 0.29) is 5.69 Å². The third-order valence-corrected chi connectivity index (χ3v) is 4.07. The summed E-state index contributed by atoms with van der Waals surface area (Å²) in [6.07, 6.45) is 0. The second kappa shape index (κ2) is 7.44. The number of carbonyl (C=O) groups excluding carboxylic acids is 1. The largest absolute Gasteiger partial charge is 0.495 e. The molecule has 0 aliphatic carbocycles. The lowest BCUT2D eigenvalue weighted by Crippen LogP contribution is -2.08. The van der Waals surface area contributed by atoms with Crippen molar-refractivity contribution in [2.45, 2.75) is 20.8 Å². The van der Waals surface area contributed by atoms with E-state index in [9.17, 15) is 4.79 Å². The van der Waals surface area contributed by atoms with Gasteiger partial charge in [-0.15, -0.1) is 0 Å². The Labute approximate surface area is 153 Å². The molecule has 0 radical (unpaired) electrons. The zero-order valence-electron chi connectivity index (χ0n) is 15.4. The number of nitrogens with one attached hydrogen (secondary N) is 1. The fourth-order valence-electron chi connectivity index (χ4n) is 2.82. The number of nitrogens with zero attached hydrogens (tertiary/aromatic N) is 1. The first-order valence-corrected chi connectivity index (χ1v) is 8.52. The Morgan fingerprint density at radius 3 is 2.50 bits per heavy atom. The molecule has 0 aliphatic rings. The minimum Gasteiger partial charge on any atom is -0.495 e. The number of aromatic nitrogens is 1. The molecule has 5 nitrogen and oxygen atoms in total. The first kappa shape index (κ1) is 17.7. The van der Waals surface area contributed by atoms with Crippen molar-refractivity contribution in [1.29, 1.82) is 0 Å². The van der Waals surface area contributed by atoms with E-state index in [2.05, 4.69) is 10.3 Å². The summed E-state index contributed by atoms with van der Waals surface area (Å²) >= 11 is 0. The molecule has 1 N–H and O–H groups in total. The molecule has 134 valence electrons. The topological polar surface area (TPSA) is 60.5 Å². The van der Waals surface area contributed by atoms with Gasteiger partial charge >= 0.3 is 5.97 Å². The molecule has 5 heteroatoms. The van der Waals surface area contributed by atoms with Crippen LogP contribution in [0.3, 0.4) is 0 Å². The predicted molar refractivity (Wildman–Crippen MR) is 103 cm³/mol. The fraction of sp³-hybridized carbons (Fsp3) is 0.238. The molecule has 26 heavy (non-hydrogen) atoms. The minimum absolute atomic E-state index is 0.275. The van der Waals surface area contributed by atoms with Gasteiger partial charge in [0.15, 0.2) is 5.69 Å². The van der Waals surface area contributed by atoms with Crippen LogP contribution >= 0.6 is 0 Å². The second-order valence-corrected chi connectivity index (χ2v) is 6.12. The van der Waals surface area contributed by atoms with Crippen molar-refractivity contribution in [2.75, 3.05) is 19.0 Å². The Bertz CT molecular complexity index is 967. The summed E-state index contributed by atoms with van der Waals surface area (Å²) in [7, 11) is 1.63. The molecule has 0 amide bonds. The van der Waals surface area contributed by atoms with E-state index >= 15 is 0 Å². The number of benzene rings is 2. The van der Waals surface area contributed by atoms with Gasteiger partial charge in [-0.1, -0.05) is 17.7 Å². The molecule has 0 spiro atoms. The number of pyridine rings is 1. The van der Waals surface area contributed by atoms with Crippen LogP contribution in [0.5, 0.6) is 5.75 Å². The number of hydrogen-bond acceptors (Lipinski definition) is 5. The molecule has 1 aromatic heterocycles. The molecule has 0 atom stereocenters. The summed E-state index contributed by atoms with van der Waals surface area (Å²) in [5, 5.41) is 4.33. The highest BCUT2D eigenvalue weighted by molar-refractivity contribution is 5.99. The molecule has 0 fully saturated rings. The van der Waals surface area contributed by atoms with Crippen LogP contribution in [0.25, 0.3) is 10.9 Å². The highest BCUT2D eigenvalue weighted by Crippen LogP contribution is 2.32. The maximum absolute atomic E-state index is 12.2. The van der Waals surface area contributed by atoms with E-state index < -0.39 is 5.97 Å². The highest BCUT2D eigenvalue weighted by Gasteiger charge is 2.14. The number of methoxy groups -OCH3 is 1. The van der Waals surface area contributed by atoms with Crippen LogP contribution in [0.4, 0.5) is 11.4 Å². The maximum atomic E-state index is 12.2. The van der Waals surface area contributed by atoms with Gasteiger partial charge in [-0.05, 0) is 56.7 Å². The quantitative estimate of drug-likeness (QED) is 0.671. The standard InChI is InChI=1S/C21H22N2O3/c1-5-26-21(24)19-12-17(15-10-13(2)6-8-16(15)22-19)23-18-11-14(3)7-9-20(18)25-4/h6-12H,5H2,1-4H3,(H,22,23). The van der Waals surface area contributed by atoms with Crippen LogP contribution in [-0.4, -0.2) is 24.7 Å². The Kier molecular flexibility index (Phi) is 5.07. The van der Waals surface area contributed by atoms with Crippen molar-refractivity contribution in [1.82, 2.24) is 4.98 Å². The summed E-state index contributed by atoms with van der Waals surface area (Å²) in [5.74, 6) is 0.292. The molecular weight excluding hydrogens is 328 g/mol. The van der Waals surface area contributed by atoms with E-state index in [4.69, 9.17) is 9.47 Å². The van der Waals surface area contributed by atoms with Crippen molar-refractivity contribution >= 4 is 28.2 Å². The van der Waals surface area contributed by atoms with E-state index in [0.717, 1.165) is 39.2 Å². The van der Waals surface area contributed by atoms with Crippen molar-refractivity contribution in [3.63, 3.8) is 0 Å². The Morgan fingerprint density at radius 2 is 1.77 bits per heavy atom. The zero-order valence-corrected chi connectivity index (χ0v) is 15.4. The fourth-order valence-corrected chi connectivity index (χ4v) is 2.82. The number of fused-ring (bicyclic) bond motifs is 1. The van der Waals surface area contributed by atoms with Crippen molar-refractivity contribution in [3.05, 3.63) is 59.3 Å². The molecule has 3 rings (SSSR count). The second-order valence-electron chi connectivity index (χ2n) is 6.12. The van der Waals surface area contributed by atoms with Crippen LogP contribution in [0.2, 0.25) is 0 Å². The number of carbonyl (C=O) groups is 1. The summed E-state index contributed by atoms with van der Waals surface area (Å²) in [5.41, 5.74) is 4.84. The zero-order chi connectivity index (χ0) is 18.7. The van der Waals surface area contributed by atoms with Crippen LogP contribution in [0, 0.1) is 13.8 Å². The monoisotopic (exact) mass is 350 g/mol. The minimum atomic E-state index is -0.436. The number of anilines is 2. The van der Waals surface area contributed by atoms with Crippen molar-refractivity contribution in [2.24, 2.45) is 0 Å². The van der Waals surface area contributed by atoms with E-state index in [0.29, 0.717) is 6.61 Å². The van der Waals surface area contributed by atoms with Crippen LogP contribution in [0.1, 0.15) is 28.5 Å². The number of hydrogen-bond donors (Lipinski definition) is 1. The average Bonchev–Trinajstić information content (AvgIpc) is 2.62. The van der Waals surface area contributed by atoms with Gasteiger partial charge in [-0.3, -0.25) is 0 Å². The lowest BCUT2D eigenvalue weighted by Gasteiger charge is -2.15. The Balaban J connectivity index is 2.15. The van der Waals surface area contributed by atoms with Gasteiger partial charge in [-0.2, -0.15) is 0 Å². The van der Waals surface area contributed by atoms with Gasteiger partial charge in [0, 0.05) is 5.39 Å². The number of rotatable bonds is 5. The van der Waals surface area contributed by atoms with Crippen LogP contribution < -0.4 is 10.1 Å². The van der Waals surface area contributed by atoms with Gasteiger partial charge < -0.3 is 14.8 Å². The smallest absolute Gasteiger partial charge is 0.357 e. The molecular formula is C21H22N2O3. The average molecular weight is 350 g/mol. The molecule has 1 heterocycles. The van der Waals surface area contributed by atoms with Crippen LogP contribution in [-0.2, 0) is 4.74 Å². The normalized spacial score (nSPS) is 10.6. The lowest BCUT2D eigenvalue weighted by atomic mass is 10.1. The summed E-state index contributed by atoms with van der Waals surface area (Å²) < 4.78 is 10.6. The number of ether oxygens (including phenoxy) is 2. The molecule has 0 bridgehead atoms. The van der Waals surface area contributed by atoms with Crippen LogP contribution in [0.15, 0.2) is 42.5 Å². The first-order valence-electron chi connectivity index (χ1n) is 8.52. The maximum Gasteiger partial charge on any atom is 0.357 e. The third-order valence-electron chi connectivity index (χ3n) is 4.07. The van der Waals surface area contributed by atoms with E-state index in [1.807, 2.05) is 50.2 Å². The van der Waals surface area contributed by atoms with Gasteiger partial charge in [0.05, 0.1) is 30.6 Å². The first-order chi connectivity index (χ1) is 12.5. The van der Waals surface area contributed by atoms with E-state index in [1.165, 1.54) is 0 Å². The summed E-state index contributed by atoms with van der Waals surface area (Å²) in [4.78, 5) is 16.7. The van der Waals surface area contributed by atoms with Gasteiger partial charge in [0.1, 0.15) is 5.75 Å². The Morgan fingerprint density at radius 1 is 1.04 bits per heavy atom. The van der Waals surface area contributed by atoms with Gasteiger partial charge in [0.2, 0.25) is 0 Å². The number of aryl methyl sites for hydroxylation is 2. The lowest BCUT2D eigenvalue weighted by molar-refractivity contribution is 0.0520. The molecule has 0 aliphatic heterocycles. The third kappa shape index (κ3) is 3.61. The van der Waals surface area contributed by atoms with Gasteiger partial charge in [-0.25, -0.2) is 9.78 Å². The summed E-state index contributed by atoms with van der Waals surface area (Å²) in [6, 6.07) is 13.6. The predicted octanol–water partition coefficient (Wildman–Crippen LogP) is 4.78. The molecule has 2 aromatic carbocycles. The Hall–Kier alpha value is -3.08. The molecule has 0 unspecified atom stereocenters. The SMILES string of the molecule is CCOC(=O)c1cc(Nc2cc(C)ccc2OC)c2cc(C)ccc2n1. The van der Waals surface area contributed by atoms with Crippen molar-refractivity contribution < 1.29 is 14.3 Å². The summed E-state index contributed by atoms with van der Waals surface area (Å²) in [6.45, 7) is 6.12. The van der Waals surface area contributed by atoms with E-state index in [1.54, 1.807) is 20.1 Å². The molecule has 0 saturated heterocycles.